The molecule has 5 nitrogen and oxygen atoms in total. The molecule has 1 rings (SSSR count). The van der Waals surface area contributed by atoms with Gasteiger partial charge in [-0.2, -0.15) is 0 Å². The van der Waals surface area contributed by atoms with Gasteiger partial charge in [0.25, 0.3) is 0 Å². The fourth-order valence-corrected chi connectivity index (χ4v) is 7.42. The Morgan fingerprint density at radius 3 is 1.15 bits per heavy atom. The molecule has 1 saturated carbocycles. The average molecular weight is 521 g/mol. The zero-order valence-corrected chi connectivity index (χ0v) is 27.5. The van der Waals surface area contributed by atoms with Crippen LogP contribution in [0.1, 0.15) is 75.2 Å². The minimum Gasteiger partial charge on any atom is -0.411 e. The van der Waals surface area contributed by atoms with Crippen molar-refractivity contribution in [1.29, 1.82) is 0 Å². The maximum absolute atomic E-state index is 11.4. The Balaban J connectivity index is 3.56. The zero-order chi connectivity index (χ0) is 26.5. The van der Waals surface area contributed by atoms with E-state index in [9.17, 15) is 10.2 Å². The molecule has 1 aliphatic rings. The molecule has 0 aromatic heterocycles. The summed E-state index contributed by atoms with van der Waals surface area (Å²) in [6.45, 7) is 33.3. The number of aliphatic hydroxyl groups excluding tert-OH is 1. The van der Waals surface area contributed by atoms with Gasteiger partial charge in [-0.15, -0.1) is 0 Å². The normalized spacial score (nSPS) is 28.8. The number of hydrogen-bond donors (Lipinski definition) is 2. The van der Waals surface area contributed by atoms with Crippen LogP contribution in [0.5, 0.6) is 0 Å². The predicted octanol–water partition coefficient (Wildman–Crippen LogP) is 6.67. The van der Waals surface area contributed by atoms with E-state index < -0.39 is 30.6 Å². The molecule has 1 fully saturated rings. The van der Waals surface area contributed by atoms with E-state index in [1.54, 1.807) is 0 Å². The third kappa shape index (κ3) is 7.47. The molecule has 0 aromatic rings. The van der Waals surface area contributed by atoms with Crippen LogP contribution in [0.15, 0.2) is 0 Å². The fraction of sp³-hybridized carbons (Fsp3) is 1.00. The molecule has 2 N–H and O–H groups in total. The monoisotopic (exact) mass is 520 g/mol. The Hall–Kier alpha value is 0.451. The maximum Gasteiger partial charge on any atom is 0.192 e. The van der Waals surface area contributed by atoms with Gasteiger partial charge in [-0.05, 0) is 54.4 Å². The minimum absolute atomic E-state index is 0.0269. The van der Waals surface area contributed by atoms with E-state index in [1.165, 1.54) is 0 Å². The minimum atomic E-state index is -2.16. The Bertz CT molecular complexity index is 618. The first-order valence-electron chi connectivity index (χ1n) is 12.7. The molecule has 33 heavy (non-hydrogen) atoms. The van der Waals surface area contributed by atoms with E-state index in [2.05, 4.69) is 102 Å². The summed E-state index contributed by atoms with van der Waals surface area (Å²) in [5.74, 6) is 0. The Morgan fingerprint density at radius 1 is 0.636 bits per heavy atom. The highest BCUT2D eigenvalue weighted by molar-refractivity contribution is 6.75. The van der Waals surface area contributed by atoms with Crippen LogP contribution < -0.4 is 0 Å². The van der Waals surface area contributed by atoms with E-state index in [0.717, 1.165) is 0 Å². The van der Waals surface area contributed by atoms with Crippen molar-refractivity contribution in [3.05, 3.63) is 0 Å². The van der Waals surface area contributed by atoms with Gasteiger partial charge in [0.1, 0.15) is 0 Å². The van der Waals surface area contributed by atoms with Gasteiger partial charge in [0.2, 0.25) is 0 Å². The molecule has 1 aliphatic carbocycles. The molecule has 2 atom stereocenters. The van der Waals surface area contributed by atoms with Crippen molar-refractivity contribution in [3.8, 4) is 0 Å². The van der Waals surface area contributed by atoms with Crippen molar-refractivity contribution in [3.63, 3.8) is 0 Å². The first kappa shape index (κ1) is 31.5. The number of aliphatic hydroxyl groups is 2. The van der Waals surface area contributed by atoms with Crippen LogP contribution in [-0.4, -0.2) is 65.7 Å². The third-order valence-corrected chi connectivity index (χ3v) is 22.4. The third-order valence-electron chi connectivity index (χ3n) is 8.93. The highest BCUT2D eigenvalue weighted by atomic mass is 28.4. The molecule has 0 aromatic carbocycles. The SMILES string of the molecule is CC(C)(C)[Si](C)(C)OC1[C@H](O[Si](C)(C)C(C)(C)C)CC(O)(CO)C[C@H]1O[Si](C)(C)C(C)(C)C. The summed E-state index contributed by atoms with van der Waals surface area (Å²) in [4.78, 5) is 0. The Labute approximate surface area is 208 Å². The molecular weight excluding hydrogens is 465 g/mol. The van der Waals surface area contributed by atoms with Gasteiger partial charge >= 0.3 is 0 Å². The summed E-state index contributed by atoms with van der Waals surface area (Å²) < 4.78 is 20.9. The molecule has 0 unspecified atom stereocenters. The number of rotatable bonds is 7. The van der Waals surface area contributed by atoms with Gasteiger partial charge in [-0.1, -0.05) is 62.3 Å². The quantitative estimate of drug-likeness (QED) is 0.367. The standard InChI is InChI=1S/C25H56O5Si3/c1-22(2,3)31(10,11)28-19-16-25(27,18-26)17-20(29-32(12,13)23(4,5)6)21(19)30-33(14,15)24(7,8)9/h19-21,26-27H,16-18H2,1-15H3/t19-,20-,21?,25?/m1/s1. The number of hydrogen-bond acceptors (Lipinski definition) is 5. The Morgan fingerprint density at radius 2 is 0.909 bits per heavy atom. The summed E-state index contributed by atoms with van der Waals surface area (Å²) in [6, 6.07) is 0. The molecule has 0 bridgehead atoms. The van der Waals surface area contributed by atoms with Gasteiger partial charge in [0.05, 0.1) is 30.5 Å². The van der Waals surface area contributed by atoms with E-state index in [1.807, 2.05) is 0 Å². The topological polar surface area (TPSA) is 68.2 Å². The molecule has 0 heterocycles. The largest absolute Gasteiger partial charge is 0.411 e. The van der Waals surface area contributed by atoms with Crippen LogP contribution in [0.2, 0.25) is 54.4 Å². The molecule has 0 saturated heterocycles. The fourth-order valence-electron chi connectivity index (χ4n) is 3.43. The molecule has 0 amide bonds. The summed E-state index contributed by atoms with van der Waals surface area (Å²) in [6.07, 6.45) is -0.165. The molecule has 0 aliphatic heterocycles. The predicted molar refractivity (Wildman–Crippen MR) is 147 cm³/mol. The maximum atomic E-state index is 11.4. The summed E-state index contributed by atoms with van der Waals surface area (Å²) >= 11 is 0. The van der Waals surface area contributed by atoms with Crippen molar-refractivity contribution in [2.45, 2.75) is 153 Å². The summed E-state index contributed by atoms with van der Waals surface area (Å²) in [7, 11) is -6.46. The second-order valence-corrected chi connectivity index (χ2v) is 29.2. The summed E-state index contributed by atoms with van der Waals surface area (Å²) in [5, 5.41) is 21.6. The van der Waals surface area contributed by atoms with Crippen LogP contribution in [0, 0.1) is 0 Å². The van der Waals surface area contributed by atoms with Crippen molar-refractivity contribution >= 4 is 25.0 Å². The van der Waals surface area contributed by atoms with E-state index in [-0.39, 0.29) is 40.0 Å². The van der Waals surface area contributed by atoms with Crippen LogP contribution in [-0.2, 0) is 13.3 Å². The van der Waals surface area contributed by atoms with Crippen molar-refractivity contribution in [2.24, 2.45) is 0 Å². The summed E-state index contributed by atoms with van der Waals surface area (Å²) in [5.41, 5.74) is -1.23. The van der Waals surface area contributed by atoms with Crippen LogP contribution in [0.4, 0.5) is 0 Å². The Kier molecular flexibility index (Phi) is 9.28. The van der Waals surface area contributed by atoms with Gasteiger partial charge in [0.15, 0.2) is 25.0 Å². The average Bonchev–Trinajstić information content (AvgIpc) is 2.54. The molecular formula is C25H56O5Si3. The molecule has 8 heteroatoms. The smallest absolute Gasteiger partial charge is 0.192 e. The van der Waals surface area contributed by atoms with Gasteiger partial charge in [-0.3, -0.25) is 0 Å². The van der Waals surface area contributed by atoms with Gasteiger partial charge in [-0.25, -0.2) is 0 Å². The molecule has 198 valence electrons. The van der Waals surface area contributed by atoms with Crippen molar-refractivity contribution < 1.29 is 23.5 Å². The van der Waals surface area contributed by atoms with Crippen LogP contribution in [0.25, 0.3) is 0 Å². The lowest BCUT2D eigenvalue weighted by molar-refractivity contribution is -0.154. The highest BCUT2D eigenvalue weighted by Crippen LogP contribution is 2.47. The van der Waals surface area contributed by atoms with E-state index >= 15 is 0 Å². The van der Waals surface area contributed by atoms with Crippen molar-refractivity contribution in [1.82, 2.24) is 0 Å². The van der Waals surface area contributed by atoms with Gasteiger partial charge < -0.3 is 23.5 Å². The second-order valence-electron chi connectivity index (χ2n) is 15.0. The van der Waals surface area contributed by atoms with Crippen LogP contribution in [0.3, 0.4) is 0 Å². The van der Waals surface area contributed by atoms with Gasteiger partial charge in [0, 0.05) is 12.8 Å². The first-order valence-corrected chi connectivity index (χ1v) is 21.4. The second kappa shape index (κ2) is 9.73. The zero-order valence-electron chi connectivity index (χ0n) is 24.5. The molecule has 0 radical (unpaired) electrons. The lowest BCUT2D eigenvalue weighted by Crippen LogP contribution is -2.64. The van der Waals surface area contributed by atoms with E-state index in [0.29, 0.717) is 12.8 Å². The lowest BCUT2D eigenvalue weighted by Gasteiger charge is -2.53. The van der Waals surface area contributed by atoms with Crippen molar-refractivity contribution in [2.75, 3.05) is 6.61 Å². The first-order chi connectivity index (χ1) is 14.3. The lowest BCUT2D eigenvalue weighted by atomic mass is 9.80. The molecule has 0 spiro atoms. The van der Waals surface area contributed by atoms with E-state index in [4.69, 9.17) is 13.3 Å². The highest BCUT2D eigenvalue weighted by Gasteiger charge is 2.54. The van der Waals surface area contributed by atoms with Crippen LogP contribution >= 0.6 is 0 Å².